The summed E-state index contributed by atoms with van der Waals surface area (Å²) in [7, 11) is 3.47. The zero-order valence-electron chi connectivity index (χ0n) is 21.2. The minimum absolute atomic E-state index is 0.0494. The molecule has 0 heterocycles. The van der Waals surface area contributed by atoms with Gasteiger partial charge in [0.2, 0.25) is 5.91 Å². The Labute approximate surface area is 219 Å². The summed E-state index contributed by atoms with van der Waals surface area (Å²) in [5.74, 6) is -3.30. The first-order valence-corrected chi connectivity index (χ1v) is 11.5. The molecule has 0 aliphatic carbocycles. The number of amides is 2. The number of aromatic hydroxyl groups is 1. The number of phenols is 1. The second-order valence-corrected chi connectivity index (χ2v) is 8.01. The summed E-state index contributed by atoms with van der Waals surface area (Å²) in [5.41, 5.74) is 1.00. The van der Waals surface area contributed by atoms with Crippen molar-refractivity contribution in [1.82, 2.24) is 10.6 Å². The molecule has 3 N–H and O–H groups in total. The summed E-state index contributed by atoms with van der Waals surface area (Å²) in [6.07, 6.45) is -1.37. The molecule has 2 rings (SSSR count). The first kappa shape index (κ1) is 29.6. The van der Waals surface area contributed by atoms with Gasteiger partial charge in [-0.3, -0.25) is 9.59 Å². The van der Waals surface area contributed by atoms with Crippen molar-refractivity contribution in [1.29, 1.82) is 0 Å². The molecule has 12 heteroatoms. The fraction of sp³-hybridized carbons (Fsp3) is 0.346. The molecule has 0 aliphatic rings. The molecular formula is C26H30N2O10. The van der Waals surface area contributed by atoms with Crippen molar-refractivity contribution in [3.63, 3.8) is 0 Å². The van der Waals surface area contributed by atoms with Crippen molar-refractivity contribution in [2.24, 2.45) is 0 Å². The summed E-state index contributed by atoms with van der Waals surface area (Å²) >= 11 is 0. The molecule has 0 saturated carbocycles. The molecule has 2 amide bonds. The minimum Gasteiger partial charge on any atom is -0.507 e. The van der Waals surface area contributed by atoms with E-state index in [0.29, 0.717) is 5.56 Å². The normalized spacial score (nSPS) is 11.9. The average Bonchev–Trinajstić information content (AvgIpc) is 2.93. The van der Waals surface area contributed by atoms with E-state index < -0.39 is 42.0 Å². The number of esters is 3. The zero-order valence-corrected chi connectivity index (χ0v) is 21.2. The van der Waals surface area contributed by atoms with Gasteiger partial charge in [-0.2, -0.15) is 0 Å². The van der Waals surface area contributed by atoms with Gasteiger partial charge in [0.15, 0.2) is 0 Å². The van der Waals surface area contributed by atoms with Gasteiger partial charge >= 0.3 is 24.0 Å². The summed E-state index contributed by atoms with van der Waals surface area (Å²) < 4.78 is 19.2. The Kier molecular flexibility index (Phi) is 11.6. The van der Waals surface area contributed by atoms with Crippen LogP contribution in [-0.4, -0.2) is 68.4 Å². The van der Waals surface area contributed by atoms with Crippen molar-refractivity contribution in [2.75, 3.05) is 21.3 Å². The third-order valence-electron chi connectivity index (χ3n) is 5.39. The Morgan fingerprint density at radius 3 is 2.18 bits per heavy atom. The molecule has 12 nitrogen and oxygen atoms in total. The first-order valence-electron chi connectivity index (χ1n) is 11.5. The molecule has 0 saturated heterocycles. The number of rotatable bonds is 12. The van der Waals surface area contributed by atoms with Crippen LogP contribution in [0.5, 0.6) is 5.75 Å². The molecule has 0 aliphatic heterocycles. The van der Waals surface area contributed by atoms with Crippen LogP contribution >= 0.6 is 0 Å². The second kappa shape index (κ2) is 14.8. The number of carbonyl (C=O) groups is 5. The highest BCUT2D eigenvalue weighted by atomic mass is 16.5. The molecule has 0 aromatic heterocycles. The van der Waals surface area contributed by atoms with Gasteiger partial charge < -0.3 is 34.7 Å². The minimum atomic E-state index is -1.25. The maximum atomic E-state index is 13.1. The van der Waals surface area contributed by atoms with E-state index in [-0.39, 0.29) is 37.2 Å². The largest absolute Gasteiger partial charge is 0.507 e. The lowest BCUT2D eigenvalue weighted by Gasteiger charge is -2.22. The number of nitrogens with one attached hydrogen (secondary N) is 2. The van der Waals surface area contributed by atoms with Crippen LogP contribution in [0.4, 0.5) is 4.79 Å². The number of hydrogen-bond acceptors (Lipinski definition) is 10. The predicted octanol–water partition coefficient (Wildman–Crippen LogP) is 1.63. The van der Waals surface area contributed by atoms with E-state index in [1.54, 1.807) is 24.3 Å². The smallest absolute Gasteiger partial charge is 0.408 e. The number of phenolic OH excluding ortho intramolecular Hbond substituents is 1. The third kappa shape index (κ3) is 9.12. The van der Waals surface area contributed by atoms with Crippen LogP contribution in [0.25, 0.3) is 0 Å². The van der Waals surface area contributed by atoms with Gasteiger partial charge in [0, 0.05) is 12.8 Å². The highest BCUT2D eigenvalue weighted by Crippen LogP contribution is 2.20. The van der Waals surface area contributed by atoms with E-state index in [1.807, 2.05) is 6.07 Å². The third-order valence-corrected chi connectivity index (χ3v) is 5.39. The van der Waals surface area contributed by atoms with Crippen LogP contribution in [0.1, 0.15) is 34.3 Å². The predicted molar refractivity (Wildman–Crippen MR) is 132 cm³/mol. The highest BCUT2D eigenvalue weighted by Gasteiger charge is 2.29. The van der Waals surface area contributed by atoms with Crippen LogP contribution < -0.4 is 10.6 Å². The molecule has 38 heavy (non-hydrogen) atoms. The molecule has 2 aromatic rings. The van der Waals surface area contributed by atoms with E-state index in [0.717, 1.165) is 19.8 Å². The maximum Gasteiger partial charge on any atom is 0.408 e. The maximum absolute atomic E-state index is 13.1. The number of benzene rings is 2. The van der Waals surface area contributed by atoms with Gasteiger partial charge in [0.05, 0.1) is 21.3 Å². The Morgan fingerprint density at radius 1 is 0.842 bits per heavy atom. The summed E-state index contributed by atoms with van der Waals surface area (Å²) in [5, 5.41) is 14.8. The van der Waals surface area contributed by atoms with E-state index in [1.165, 1.54) is 25.3 Å². The number of alkyl carbamates (subject to hydrolysis) is 1. The van der Waals surface area contributed by atoms with Gasteiger partial charge in [-0.15, -0.1) is 0 Å². The lowest BCUT2D eigenvalue weighted by molar-refractivity contribution is -0.145. The summed E-state index contributed by atoms with van der Waals surface area (Å²) in [4.78, 5) is 61.5. The molecule has 204 valence electrons. The number of methoxy groups -OCH3 is 3. The molecule has 2 aromatic carbocycles. The SMILES string of the molecule is COC(=O)CC[C@H](NC(=O)OCc1ccccc1)C(=O)N[C@@H](Cc1ccc(O)c(C(=O)OC)c1)C(=O)OC. The second-order valence-electron chi connectivity index (χ2n) is 8.01. The van der Waals surface area contributed by atoms with E-state index in [2.05, 4.69) is 20.1 Å². The molecule has 0 fully saturated rings. The fourth-order valence-electron chi connectivity index (χ4n) is 3.37. The van der Waals surface area contributed by atoms with Crippen LogP contribution in [-0.2, 0) is 46.4 Å². The fourth-order valence-corrected chi connectivity index (χ4v) is 3.37. The van der Waals surface area contributed by atoms with Crippen LogP contribution in [0.3, 0.4) is 0 Å². The quantitative estimate of drug-likeness (QED) is 0.271. The Balaban J connectivity index is 2.16. The Hall–Kier alpha value is -4.61. The standard InChI is InChI=1S/C26H30N2O10/c1-35-22(30)12-10-19(28-26(34)38-15-16-7-5-4-6-8-16)23(31)27-20(25(33)37-3)14-17-9-11-21(29)18(13-17)24(32)36-2/h4-9,11,13,19-20,29H,10,12,14-15H2,1-3H3,(H,27,31)(H,28,34)/t19-,20-/m0/s1. The Morgan fingerprint density at radius 2 is 1.55 bits per heavy atom. The number of hydrogen-bond donors (Lipinski definition) is 3. The van der Waals surface area contributed by atoms with Crippen LogP contribution in [0.2, 0.25) is 0 Å². The highest BCUT2D eigenvalue weighted by molar-refractivity contribution is 5.93. The van der Waals surface area contributed by atoms with E-state index in [9.17, 15) is 29.1 Å². The lowest BCUT2D eigenvalue weighted by Crippen LogP contribution is -2.52. The van der Waals surface area contributed by atoms with Crippen molar-refractivity contribution in [3.8, 4) is 5.75 Å². The van der Waals surface area contributed by atoms with E-state index in [4.69, 9.17) is 9.47 Å². The molecule has 0 spiro atoms. The van der Waals surface area contributed by atoms with Crippen molar-refractivity contribution in [2.45, 2.75) is 38.0 Å². The van der Waals surface area contributed by atoms with E-state index >= 15 is 0 Å². The van der Waals surface area contributed by atoms with Crippen LogP contribution in [0, 0.1) is 0 Å². The number of ether oxygens (including phenoxy) is 4. The van der Waals surface area contributed by atoms with Gasteiger partial charge in [0.1, 0.15) is 30.0 Å². The van der Waals surface area contributed by atoms with Crippen molar-refractivity contribution in [3.05, 3.63) is 65.2 Å². The first-order chi connectivity index (χ1) is 18.2. The molecule has 0 bridgehead atoms. The zero-order chi connectivity index (χ0) is 28.1. The van der Waals surface area contributed by atoms with Crippen LogP contribution in [0.15, 0.2) is 48.5 Å². The van der Waals surface area contributed by atoms with Crippen molar-refractivity contribution < 1.29 is 48.0 Å². The van der Waals surface area contributed by atoms with Gasteiger partial charge in [-0.25, -0.2) is 14.4 Å². The number of carbonyl (C=O) groups excluding carboxylic acids is 5. The lowest BCUT2D eigenvalue weighted by atomic mass is 10.0. The van der Waals surface area contributed by atoms with Gasteiger partial charge in [-0.1, -0.05) is 36.4 Å². The molecule has 2 atom stereocenters. The molecular weight excluding hydrogens is 500 g/mol. The van der Waals surface area contributed by atoms with Crippen molar-refractivity contribution >= 4 is 29.9 Å². The average molecular weight is 531 g/mol. The Bertz CT molecular complexity index is 1140. The summed E-state index contributed by atoms with van der Waals surface area (Å²) in [6, 6.07) is 10.4. The topological polar surface area (TPSA) is 167 Å². The summed E-state index contributed by atoms with van der Waals surface area (Å²) in [6.45, 7) is -0.0494. The molecule has 0 unspecified atom stereocenters. The molecule has 0 radical (unpaired) electrons. The monoisotopic (exact) mass is 530 g/mol. The van der Waals surface area contributed by atoms with Gasteiger partial charge in [-0.05, 0) is 29.7 Å². The van der Waals surface area contributed by atoms with Gasteiger partial charge in [0.25, 0.3) is 0 Å².